The van der Waals surface area contributed by atoms with Gasteiger partial charge in [-0.25, -0.2) is 13.6 Å². The van der Waals surface area contributed by atoms with Crippen LogP contribution in [0.15, 0.2) is 29.3 Å². The molecule has 0 saturated carbocycles. The monoisotopic (exact) mass is 334 g/mol. The number of sulfonamides is 1. The van der Waals surface area contributed by atoms with E-state index in [0.717, 1.165) is 0 Å². The van der Waals surface area contributed by atoms with Gasteiger partial charge in [0, 0.05) is 20.3 Å². The molecule has 0 amide bonds. The summed E-state index contributed by atoms with van der Waals surface area (Å²) in [5, 5.41) is 30.2. The van der Waals surface area contributed by atoms with E-state index in [4.69, 9.17) is 10.4 Å². The summed E-state index contributed by atoms with van der Waals surface area (Å²) in [6.07, 6.45) is 1.36. The second-order valence-electron chi connectivity index (χ2n) is 4.67. The number of primary sulfonamides is 1. The average Bonchev–Trinajstić information content (AvgIpc) is 3.01. The fourth-order valence-corrected chi connectivity index (χ4v) is 2.31. The van der Waals surface area contributed by atoms with Crippen molar-refractivity contribution in [1.82, 2.24) is 20.6 Å². The average molecular weight is 334 g/mol. The van der Waals surface area contributed by atoms with E-state index >= 15 is 0 Å². The molecule has 2 rings (SSSR count). The third-order valence-electron chi connectivity index (χ3n) is 2.86. The maximum Gasteiger partial charge on any atom is 0.238 e. The van der Waals surface area contributed by atoms with Gasteiger partial charge in [0.2, 0.25) is 15.8 Å². The first-order valence-corrected chi connectivity index (χ1v) is 7.82. The lowest BCUT2D eigenvalue weighted by atomic mass is 10.2. The van der Waals surface area contributed by atoms with E-state index in [1.54, 1.807) is 25.1 Å². The van der Waals surface area contributed by atoms with Gasteiger partial charge in [-0.1, -0.05) is 0 Å². The van der Waals surface area contributed by atoms with Crippen molar-refractivity contribution < 1.29 is 8.42 Å². The predicted octanol–water partition coefficient (Wildman–Crippen LogP) is -0.110. The minimum absolute atomic E-state index is 0.0444. The standard InChI is InChI=1S/C12H14N8O2S/c1-20(2)11-4-3-9(23(14,21)22)5-10(11)15-7-8(6-13)12-16-18-19-17-12/h3-5,7,15H,1-2H3,(H2,14,21,22)(H,16,17,18,19). The van der Waals surface area contributed by atoms with E-state index in [0.29, 0.717) is 11.4 Å². The summed E-state index contributed by atoms with van der Waals surface area (Å²) in [4.78, 5) is 1.74. The van der Waals surface area contributed by atoms with Crippen LogP contribution in [-0.2, 0) is 10.0 Å². The van der Waals surface area contributed by atoms with E-state index in [1.807, 2.05) is 6.07 Å². The number of hydrogen-bond acceptors (Lipinski definition) is 8. The Morgan fingerprint density at radius 1 is 1.48 bits per heavy atom. The van der Waals surface area contributed by atoms with Gasteiger partial charge < -0.3 is 10.2 Å². The fraction of sp³-hybridized carbons (Fsp3) is 0.167. The second-order valence-corrected chi connectivity index (χ2v) is 6.23. The lowest BCUT2D eigenvalue weighted by molar-refractivity contribution is 0.598. The highest BCUT2D eigenvalue weighted by atomic mass is 32.2. The molecule has 1 aromatic carbocycles. The number of aromatic amines is 1. The first kappa shape index (κ1) is 16.4. The van der Waals surface area contributed by atoms with Crippen LogP contribution >= 0.6 is 0 Å². The predicted molar refractivity (Wildman–Crippen MR) is 83.5 cm³/mol. The number of nitriles is 1. The molecule has 10 nitrogen and oxygen atoms in total. The number of nitrogens with one attached hydrogen (secondary N) is 2. The third kappa shape index (κ3) is 3.82. The highest BCUT2D eigenvalue weighted by Gasteiger charge is 2.13. The Morgan fingerprint density at radius 3 is 2.74 bits per heavy atom. The van der Waals surface area contributed by atoms with Gasteiger partial charge in [0.15, 0.2) is 0 Å². The van der Waals surface area contributed by atoms with E-state index in [1.165, 1.54) is 18.3 Å². The minimum atomic E-state index is -3.84. The molecule has 0 fully saturated rings. The lowest BCUT2D eigenvalue weighted by Gasteiger charge is -2.18. The van der Waals surface area contributed by atoms with Gasteiger partial charge in [0.25, 0.3) is 0 Å². The van der Waals surface area contributed by atoms with E-state index < -0.39 is 10.0 Å². The molecule has 1 aromatic heterocycles. The Balaban J connectivity index is 2.43. The molecule has 0 radical (unpaired) electrons. The molecule has 0 atom stereocenters. The van der Waals surface area contributed by atoms with E-state index in [2.05, 4.69) is 25.9 Å². The van der Waals surface area contributed by atoms with Crippen molar-refractivity contribution in [2.75, 3.05) is 24.3 Å². The largest absolute Gasteiger partial charge is 0.376 e. The summed E-state index contributed by atoms with van der Waals surface area (Å²) in [5.41, 5.74) is 1.29. The van der Waals surface area contributed by atoms with Crippen LogP contribution in [-0.4, -0.2) is 43.1 Å². The van der Waals surface area contributed by atoms with Crippen LogP contribution in [0.3, 0.4) is 0 Å². The number of benzene rings is 1. The zero-order chi connectivity index (χ0) is 17.0. The van der Waals surface area contributed by atoms with Crippen LogP contribution in [0.25, 0.3) is 5.57 Å². The van der Waals surface area contributed by atoms with Crippen LogP contribution in [0.5, 0.6) is 0 Å². The minimum Gasteiger partial charge on any atom is -0.376 e. The first-order valence-electron chi connectivity index (χ1n) is 6.27. The quantitative estimate of drug-likeness (QED) is 0.640. The van der Waals surface area contributed by atoms with Crippen molar-refractivity contribution in [3.8, 4) is 6.07 Å². The summed E-state index contributed by atoms with van der Waals surface area (Å²) >= 11 is 0. The second kappa shape index (κ2) is 6.42. The third-order valence-corrected chi connectivity index (χ3v) is 3.77. The molecule has 0 spiro atoms. The van der Waals surface area contributed by atoms with Crippen LogP contribution < -0.4 is 15.4 Å². The molecule has 0 bridgehead atoms. The van der Waals surface area contributed by atoms with E-state index in [-0.39, 0.29) is 16.3 Å². The normalized spacial score (nSPS) is 11.8. The number of rotatable bonds is 5. The molecule has 0 aliphatic heterocycles. The molecule has 1 heterocycles. The summed E-state index contributed by atoms with van der Waals surface area (Å²) in [6.45, 7) is 0. The smallest absolute Gasteiger partial charge is 0.238 e. The van der Waals surface area contributed by atoms with E-state index in [9.17, 15) is 8.42 Å². The zero-order valence-electron chi connectivity index (χ0n) is 12.3. The van der Waals surface area contributed by atoms with Gasteiger partial charge in [-0.05, 0) is 23.4 Å². The van der Waals surface area contributed by atoms with Crippen molar-refractivity contribution in [2.24, 2.45) is 5.14 Å². The highest BCUT2D eigenvalue weighted by molar-refractivity contribution is 7.89. The van der Waals surface area contributed by atoms with Gasteiger partial charge in [-0.2, -0.15) is 10.5 Å². The molecule has 0 unspecified atom stereocenters. The number of nitrogens with zero attached hydrogens (tertiary/aromatic N) is 5. The van der Waals surface area contributed by atoms with Crippen molar-refractivity contribution in [1.29, 1.82) is 5.26 Å². The number of tetrazole rings is 1. The topological polar surface area (TPSA) is 154 Å². The van der Waals surface area contributed by atoms with Crippen molar-refractivity contribution in [3.05, 3.63) is 30.2 Å². The van der Waals surface area contributed by atoms with Crippen molar-refractivity contribution in [3.63, 3.8) is 0 Å². The SMILES string of the molecule is CN(C)c1ccc(S(N)(=O)=O)cc1NC=C(C#N)c1nn[nH]n1. The molecular formula is C12H14N8O2S. The molecular weight excluding hydrogens is 320 g/mol. The lowest BCUT2D eigenvalue weighted by Crippen LogP contribution is -2.15. The molecule has 120 valence electrons. The molecule has 23 heavy (non-hydrogen) atoms. The summed E-state index contributed by atoms with van der Waals surface area (Å²) in [7, 11) is -0.245. The summed E-state index contributed by atoms with van der Waals surface area (Å²) in [6, 6.07) is 6.32. The number of allylic oxidation sites excluding steroid dienone is 1. The Labute approximate surface area is 132 Å². The molecule has 0 aliphatic rings. The Kier molecular flexibility index (Phi) is 4.58. The van der Waals surface area contributed by atoms with Gasteiger partial charge in [-0.3, -0.25) is 0 Å². The van der Waals surface area contributed by atoms with Gasteiger partial charge in [0.1, 0.15) is 11.6 Å². The first-order chi connectivity index (χ1) is 10.8. The molecule has 11 heteroatoms. The number of aromatic nitrogens is 4. The number of anilines is 2. The van der Waals surface area contributed by atoms with Crippen LogP contribution in [0.2, 0.25) is 0 Å². The number of nitrogens with two attached hydrogens (primary N) is 1. The highest BCUT2D eigenvalue weighted by Crippen LogP contribution is 2.27. The van der Waals surface area contributed by atoms with Crippen molar-refractivity contribution in [2.45, 2.75) is 4.90 Å². The fourth-order valence-electron chi connectivity index (χ4n) is 1.77. The Hall–Kier alpha value is -2.97. The Bertz CT molecular complexity index is 865. The van der Waals surface area contributed by atoms with Gasteiger partial charge in [0.05, 0.1) is 16.3 Å². The maximum absolute atomic E-state index is 11.5. The summed E-state index contributed by atoms with van der Waals surface area (Å²) in [5.74, 6) is 0.119. The van der Waals surface area contributed by atoms with Crippen LogP contribution in [0.1, 0.15) is 5.82 Å². The zero-order valence-corrected chi connectivity index (χ0v) is 13.2. The molecule has 0 aliphatic carbocycles. The molecule has 2 aromatic rings. The number of H-pyrrole nitrogens is 1. The number of hydrogen-bond donors (Lipinski definition) is 3. The van der Waals surface area contributed by atoms with Crippen molar-refractivity contribution >= 4 is 27.0 Å². The maximum atomic E-state index is 11.5. The van der Waals surface area contributed by atoms with Gasteiger partial charge >= 0.3 is 0 Å². The molecule has 0 saturated heterocycles. The summed E-state index contributed by atoms with van der Waals surface area (Å²) < 4.78 is 23.0. The van der Waals surface area contributed by atoms with Gasteiger partial charge in [-0.15, -0.1) is 10.2 Å². The Morgan fingerprint density at radius 2 is 2.22 bits per heavy atom. The van der Waals surface area contributed by atoms with Crippen LogP contribution in [0, 0.1) is 11.3 Å². The molecule has 4 N–H and O–H groups in total. The van der Waals surface area contributed by atoms with Crippen LogP contribution in [0.4, 0.5) is 11.4 Å².